The summed E-state index contributed by atoms with van der Waals surface area (Å²) in [5.74, 6) is -5.38. The van der Waals surface area contributed by atoms with Crippen LogP contribution in [0.25, 0.3) is 0 Å². The van der Waals surface area contributed by atoms with Crippen LogP contribution in [-0.2, 0) is 16.1 Å². The number of carboxylic acid groups (broad SMARTS) is 1. The molecular formula is C21H17ClF4N4O5. The Balaban J connectivity index is 1.85. The van der Waals surface area contributed by atoms with Gasteiger partial charge in [0, 0.05) is 30.3 Å². The van der Waals surface area contributed by atoms with Crippen molar-refractivity contribution in [1.82, 2.24) is 15.2 Å². The van der Waals surface area contributed by atoms with E-state index in [1.165, 1.54) is 6.07 Å². The number of nitrogens with two attached hydrogens (primary N) is 1. The summed E-state index contributed by atoms with van der Waals surface area (Å²) in [6.45, 7) is -0.224. The molecule has 186 valence electrons. The molecule has 4 N–H and O–H groups in total. The minimum absolute atomic E-state index is 0.0703. The summed E-state index contributed by atoms with van der Waals surface area (Å²) in [4.78, 5) is 52.3. The minimum atomic E-state index is -5.10. The van der Waals surface area contributed by atoms with Crippen LogP contribution in [-0.4, -0.2) is 50.9 Å². The highest BCUT2D eigenvalue weighted by Crippen LogP contribution is 2.34. The number of aromatic nitrogens is 1. The molecule has 0 saturated heterocycles. The van der Waals surface area contributed by atoms with Crippen molar-refractivity contribution in [3.63, 3.8) is 0 Å². The Morgan fingerprint density at radius 2 is 1.94 bits per heavy atom. The zero-order chi connectivity index (χ0) is 26.1. The van der Waals surface area contributed by atoms with E-state index in [2.05, 4.69) is 4.98 Å². The first-order valence-corrected chi connectivity index (χ1v) is 10.3. The van der Waals surface area contributed by atoms with E-state index in [0.29, 0.717) is 6.07 Å². The zero-order valence-electron chi connectivity index (χ0n) is 17.6. The largest absolute Gasteiger partial charge is 0.481 e. The summed E-state index contributed by atoms with van der Waals surface area (Å²) >= 11 is 5.53. The number of aliphatic carboxylic acids is 1. The van der Waals surface area contributed by atoms with Crippen LogP contribution in [0.15, 0.2) is 30.5 Å². The summed E-state index contributed by atoms with van der Waals surface area (Å²) in [5.41, 5.74) is 4.23. The number of halogens is 5. The Labute approximate surface area is 199 Å². The molecule has 1 aromatic carbocycles. The van der Waals surface area contributed by atoms with E-state index in [1.54, 1.807) is 5.32 Å². The minimum Gasteiger partial charge on any atom is -0.481 e. The summed E-state index contributed by atoms with van der Waals surface area (Å²) in [6, 6.07) is 0.0306. The van der Waals surface area contributed by atoms with E-state index in [9.17, 15) is 36.7 Å². The number of nitrogens with zero attached hydrogens (tertiary/aromatic N) is 2. The first kappa shape index (κ1) is 25.9. The molecular weight excluding hydrogens is 500 g/mol. The van der Waals surface area contributed by atoms with Gasteiger partial charge in [-0.2, -0.15) is 13.2 Å². The number of nitrogens with one attached hydrogen (secondary N) is 1. The summed E-state index contributed by atoms with van der Waals surface area (Å²) < 4.78 is 54.8. The Kier molecular flexibility index (Phi) is 7.29. The normalized spacial score (nSPS) is 14.9. The molecule has 0 unspecified atom stereocenters. The average molecular weight is 517 g/mol. The number of alkyl halides is 3. The molecule has 2 atom stereocenters. The van der Waals surface area contributed by atoms with E-state index >= 15 is 0 Å². The van der Waals surface area contributed by atoms with Gasteiger partial charge in [-0.3, -0.25) is 24.2 Å². The van der Waals surface area contributed by atoms with Crippen LogP contribution in [0.5, 0.6) is 0 Å². The van der Waals surface area contributed by atoms with Crippen molar-refractivity contribution in [2.75, 3.05) is 0 Å². The molecule has 0 aliphatic carbocycles. The summed E-state index contributed by atoms with van der Waals surface area (Å²) in [6.07, 6.45) is -4.97. The fourth-order valence-corrected chi connectivity index (χ4v) is 3.75. The van der Waals surface area contributed by atoms with E-state index in [4.69, 9.17) is 22.4 Å². The third-order valence-electron chi connectivity index (χ3n) is 5.25. The molecule has 3 amide bonds. The van der Waals surface area contributed by atoms with E-state index in [0.717, 1.165) is 23.2 Å². The first-order valence-electron chi connectivity index (χ1n) is 9.93. The molecule has 0 fully saturated rings. The fourth-order valence-electron chi connectivity index (χ4n) is 3.61. The quantitative estimate of drug-likeness (QED) is 0.460. The highest BCUT2D eigenvalue weighted by molar-refractivity contribution is 6.30. The number of carbonyl (C=O) groups is 4. The van der Waals surface area contributed by atoms with Crippen LogP contribution < -0.4 is 11.1 Å². The molecule has 35 heavy (non-hydrogen) atoms. The Bertz CT molecular complexity index is 1210. The van der Waals surface area contributed by atoms with Gasteiger partial charge in [0.15, 0.2) is 6.04 Å². The lowest BCUT2D eigenvalue weighted by molar-refractivity contribution is -0.156. The summed E-state index contributed by atoms with van der Waals surface area (Å²) in [7, 11) is 0. The number of hydrogen-bond donors (Lipinski definition) is 3. The molecule has 0 saturated carbocycles. The van der Waals surface area contributed by atoms with Crippen molar-refractivity contribution in [1.29, 1.82) is 0 Å². The van der Waals surface area contributed by atoms with Gasteiger partial charge in [0.25, 0.3) is 11.8 Å². The lowest BCUT2D eigenvalue weighted by atomic mass is 10.0. The maximum atomic E-state index is 14.1. The third kappa shape index (κ3) is 5.67. The van der Waals surface area contributed by atoms with Crippen molar-refractivity contribution in [2.24, 2.45) is 5.73 Å². The van der Waals surface area contributed by atoms with Gasteiger partial charge in [-0.25, -0.2) is 4.39 Å². The van der Waals surface area contributed by atoms with Gasteiger partial charge in [-0.15, -0.1) is 0 Å². The lowest BCUT2D eigenvalue weighted by Crippen LogP contribution is -2.45. The second-order valence-corrected chi connectivity index (χ2v) is 8.06. The Morgan fingerprint density at radius 3 is 2.51 bits per heavy atom. The molecule has 1 aromatic heterocycles. The van der Waals surface area contributed by atoms with Crippen molar-refractivity contribution < 1.29 is 41.8 Å². The van der Waals surface area contributed by atoms with E-state index in [-0.39, 0.29) is 34.7 Å². The van der Waals surface area contributed by atoms with Gasteiger partial charge in [-0.05, 0) is 36.2 Å². The van der Waals surface area contributed by atoms with Crippen molar-refractivity contribution >= 4 is 35.3 Å². The Morgan fingerprint density at radius 1 is 1.26 bits per heavy atom. The molecule has 2 aromatic rings. The number of carbonyl (C=O) groups excluding carboxylic acids is 3. The number of rotatable bonds is 8. The van der Waals surface area contributed by atoms with Crippen LogP contribution in [0, 0.1) is 5.82 Å². The first-order chi connectivity index (χ1) is 16.3. The second-order valence-electron chi connectivity index (χ2n) is 7.62. The predicted molar refractivity (Wildman–Crippen MR) is 112 cm³/mol. The standard InChI is InChI=1S/C21H17ClF4N4O5/c22-11-6-13(23)16(28-7-11)17(21(24,25)26)29-19(34)9-1-2-12-10(5-9)8-30(20(12)35)14(18(27)33)3-4-15(31)32/h1-2,5-7,14,17H,3-4,8H2,(H2,27,33)(H,29,34)(H,31,32)/t14-,17+/m0/s1. The molecule has 3 rings (SSSR count). The second kappa shape index (κ2) is 9.86. The number of benzene rings is 1. The number of hydrogen-bond acceptors (Lipinski definition) is 5. The maximum absolute atomic E-state index is 14.1. The van der Waals surface area contributed by atoms with E-state index < -0.39 is 59.9 Å². The number of pyridine rings is 1. The third-order valence-corrected chi connectivity index (χ3v) is 5.45. The van der Waals surface area contributed by atoms with Crippen LogP contribution in [0.1, 0.15) is 50.9 Å². The maximum Gasteiger partial charge on any atom is 0.414 e. The molecule has 0 bridgehead atoms. The SMILES string of the molecule is NC(=O)[C@H](CCC(=O)O)N1Cc2cc(C(=O)N[C@H](c3ncc(Cl)cc3F)C(F)(F)F)ccc2C1=O. The predicted octanol–water partition coefficient (Wildman–Crippen LogP) is 2.58. The number of primary amides is 1. The molecule has 1 aliphatic rings. The topological polar surface area (TPSA) is 143 Å². The van der Waals surface area contributed by atoms with Gasteiger partial charge >= 0.3 is 12.1 Å². The van der Waals surface area contributed by atoms with Gasteiger partial charge in [-0.1, -0.05) is 11.6 Å². The van der Waals surface area contributed by atoms with Crippen molar-refractivity contribution in [2.45, 2.75) is 37.6 Å². The highest BCUT2D eigenvalue weighted by atomic mass is 35.5. The monoisotopic (exact) mass is 516 g/mol. The molecule has 14 heteroatoms. The molecule has 0 spiro atoms. The summed E-state index contributed by atoms with van der Waals surface area (Å²) in [5, 5.41) is 10.3. The lowest BCUT2D eigenvalue weighted by Gasteiger charge is -2.24. The highest BCUT2D eigenvalue weighted by Gasteiger charge is 2.45. The average Bonchev–Trinajstić information content (AvgIpc) is 3.07. The van der Waals surface area contributed by atoms with Crippen LogP contribution >= 0.6 is 11.6 Å². The van der Waals surface area contributed by atoms with Gasteiger partial charge in [0.2, 0.25) is 5.91 Å². The molecule has 0 radical (unpaired) electrons. The van der Waals surface area contributed by atoms with Crippen LogP contribution in [0.3, 0.4) is 0 Å². The Hall–Kier alpha value is -3.74. The van der Waals surface area contributed by atoms with Crippen molar-refractivity contribution in [3.8, 4) is 0 Å². The zero-order valence-corrected chi connectivity index (χ0v) is 18.4. The number of amides is 3. The smallest absolute Gasteiger partial charge is 0.414 e. The van der Waals surface area contributed by atoms with Gasteiger partial charge in [0.05, 0.1) is 5.02 Å². The fraction of sp³-hybridized carbons (Fsp3) is 0.286. The van der Waals surface area contributed by atoms with E-state index in [1.807, 2.05) is 0 Å². The molecule has 9 nitrogen and oxygen atoms in total. The van der Waals surface area contributed by atoms with Gasteiger partial charge < -0.3 is 21.1 Å². The van der Waals surface area contributed by atoms with Crippen LogP contribution in [0.2, 0.25) is 5.02 Å². The van der Waals surface area contributed by atoms with Crippen LogP contribution in [0.4, 0.5) is 17.6 Å². The molecule has 1 aliphatic heterocycles. The number of carboxylic acids is 1. The number of fused-ring (bicyclic) bond motifs is 1. The van der Waals surface area contributed by atoms with Gasteiger partial charge in [0.1, 0.15) is 17.6 Å². The molecule has 2 heterocycles. The van der Waals surface area contributed by atoms with Crippen molar-refractivity contribution in [3.05, 3.63) is 63.7 Å².